The van der Waals surface area contributed by atoms with Gasteiger partial charge in [-0.1, -0.05) is 30.3 Å². The molecule has 2 aliphatic carbocycles. The Hall–Kier alpha value is -1.55. The molecule has 1 aromatic rings. The number of aliphatic hydroxyl groups excluding tert-OH is 1. The smallest absolute Gasteiger partial charge is 0.407 e. The van der Waals surface area contributed by atoms with E-state index >= 15 is 0 Å². The molecular formula is C15H19NO3. The van der Waals surface area contributed by atoms with Crippen LogP contribution in [-0.2, 0) is 11.3 Å². The van der Waals surface area contributed by atoms with Crippen LogP contribution in [-0.4, -0.2) is 23.8 Å². The molecule has 4 atom stereocenters. The zero-order valence-electron chi connectivity index (χ0n) is 10.8. The maximum absolute atomic E-state index is 11.7. The molecule has 0 saturated heterocycles. The fourth-order valence-corrected chi connectivity index (χ4v) is 3.21. The lowest BCUT2D eigenvalue weighted by atomic mass is 10.0. The number of fused-ring (bicyclic) bond motifs is 1. The molecule has 3 rings (SSSR count). The van der Waals surface area contributed by atoms with Gasteiger partial charge in [0.2, 0.25) is 0 Å². The molecule has 0 heterocycles. The molecule has 1 amide bonds. The third-order valence-electron chi connectivity index (χ3n) is 4.32. The topological polar surface area (TPSA) is 58.6 Å². The van der Waals surface area contributed by atoms with Gasteiger partial charge in [0, 0.05) is 12.6 Å². The van der Waals surface area contributed by atoms with E-state index in [2.05, 4.69) is 5.32 Å². The van der Waals surface area contributed by atoms with Gasteiger partial charge in [-0.3, -0.25) is 0 Å². The molecule has 0 aliphatic heterocycles. The molecule has 0 bridgehead atoms. The predicted molar refractivity (Wildman–Crippen MR) is 70.3 cm³/mol. The van der Waals surface area contributed by atoms with Crippen molar-refractivity contribution in [2.45, 2.75) is 25.5 Å². The number of amides is 1. The molecule has 4 heteroatoms. The number of benzene rings is 1. The Balaban J connectivity index is 1.45. The number of rotatable bonds is 4. The quantitative estimate of drug-likeness (QED) is 0.870. The first-order chi connectivity index (χ1) is 9.28. The van der Waals surface area contributed by atoms with Gasteiger partial charge in [-0.25, -0.2) is 4.79 Å². The van der Waals surface area contributed by atoms with Crippen molar-refractivity contribution >= 4 is 6.09 Å². The first kappa shape index (κ1) is 12.5. The van der Waals surface area contributed by atoms with Gasteiger partial charge in [-0.05, 0) is 36.2 Å². The predicted octanol–water partition coefficient (Wildman–Crippen LogP) is 1.93. The molecule has 4 nitrogen and oxygen atoms in total. The fraction of sp³-hybridized carbons (Fsp3) is 0.533. The lowest BCUT2D eigenvalue weighted by Gasteiger charge is -2.16. The average molecular weight is 261 g/mol. The number of carbonyl (C=O) groups excluding carboxylic acids is 1. The highest BCUT2D eigenvalue weighted by Crippen LogP contribution is 2.55. The average Bonchev–Trinajstić information content (AvgIpc) is 3.16. The summed E-state index contributed by atoms with van der Waals surface area (Å²) in [5.74, 6) is 1.54. The minimum atomic E-state index is -0.349. The van der Waals surface area contributed by atoms with E-state index in [4.69, 9.17) is 4.74 Å². The van der Waals surface area contributed by atoms with Gasteiger partial charge in [0.15, 0.2) is 0 Å². The maximum Gasteiger partial charge on any atom is 0.407 e. The molecule has 2 fully saturated rings. The van der Waals surface area contributed by atoms with E-state index in [0.29, 0.717) is 24.4 Å². The molecule has 0 unspecified atom stereocenters. The standard InChI is InChI=1S/C15H19NO3/c17-8-11-6-14(13-7-12(11)13)16-15(18)19-9-10-4-2-1-3-5-10/h1-5,11-14,17H,6-9H2,(H,16,18)/t11-,12-,13-,14-/m1/s1. The number of nitrogens with one attached hydrogen (secondary N) is 1. The van der Waals surface area contributed by atoms with Gasteiger partial charge in [-0.15, -0.1) is 0 Å². The Morgan fingerprint density at radius 3 is 2.74 bits per heavy atom. The first-order valence-corrected chi connectivity index (χ1v) is 6.86. The van der Waals surface area contributed by atoms with E-state index in [-0.39, 0.29) is 18.7 Å². The van der Waals surface area contributed by atoms with Crippen LogP contribution in [0.25, 0.3) is 0 Å². The third kappa shape index (κ3) is 2.73. The van der Waals surface area contributed by atoms with Crippen molar-refractivity contribution in [2.24, 2.45) is 17.8 Å². The van der Waals surface area contributed by atoms with Crippen molar-refractivity contribution in [1.29, 1.82) is 0 Å². The van der Waals surface area contributed by atoms with Crippen LogP contribution in [0.4, 0.5) is 4.79 Å². The van der Waals surface area contributed by atoms with E-state index in [0.717, 1.165) is 18.4 Å². The SMILES string of the molecule is O=C(N[C@@H]1C[C@H](CO)[C@H]2C[C@H]21)OCc1ccccc1. The molecule has 2 aliphatic rings. The minimum Gasteiger partial charge on any atom is -0.445 e. The number of ether oxygens (including phenoxy) is 1. The van der Waals surface area contributed by atoms with Gasteiger partial charge >= 0.3 is 6.09 Å². The summed E-state index contributed by atoms with van der Waals surface area (Å²) in [6.45, 7) is 0.537. The summed E-state index contributed by atoms with van der Waals surface area (Å²) < 4.78 is 5.21. The van der Waals surface area contributed by atoms with E-state index < -0.39 is 0 Å². The largest absolute Gasteiger partial charge is 0.445 e. The molecule has 0 radical (unpaired) electrons. The van der Waals surface area contributed by atoms with E-state index in [1.54, 1.807) is 0 Å². The van der Waals surface area contributed by atoms with Crippen LogP contribution in [0.3, 0.4) is 0 Å². The normalized spacial score (nSPS) is 31.6. The minimum absolute atomic E-state index is 0.186. The molecule has 19 heavy (non-hydrogen) atoms. The highest BCUT2D eigenvalue weighted by molar-refractivity contribution is 5.67. The zero-order chi connectivity index (χ0) is 13.2. The van der Waals surface area contributed by atoms with Crippen LogP contribution >= 0.6 is 0 Å². The van der Waals surface area contributed by atoms with Gasteiger partial charge in [0.1, 0.15) is 6.61 Å². The summed E-state index contributed by atoms with van der Waals surface area (Å²) in [7, 11) is 0. The zero-order valence-corrected chi connectivity index (χ0v) is 10.8. The highest BCUT2D eigenvalue weighted by Gasteiger charge is 2.54. The first-order valence-electron chi connectivity index (χ1n) is 6.86. The second-order valence-electron chi connectivity index (χ2n) is 5.55. The molecule has 2 saturated carbocycles. The van der Waals surface area contributed by atoms with Crippen molar-refractivity contribution in [3.05, 3.63) is 35.9 Å². The lowest BCUT2D eigenvalue weighted by Crippen LogP contribution is -2.36. The van der Waals surface area contributed by atoms with Gasteiger partial charge < -0.3 is 15.2 Å². The summed E-state index contributed by atoms with van der Waals surface area (Å²) in [4.78, 5) is 11.7. The van der Waals surface area contributed by atoms with Gasteiger partial charge in [0.05, 0.1) is 0 Å². The maximum atomic E-state index is 11.7. The Kier molecular flexibility index (Phi) is 3.42. The van der Waals surface area contributed by atoms with E-state index in [1.807, 2.05) is 30.3 Å². The number of hydrogen-bond acceptors (Lipinski definition) is 3. The van der Waals surface area contributed by atoms with Crippen LogP contribution in [0.2, 0.25) is 0 Å². The molecule has 0 aromatic heterocycles. The van der Waals surface area contributed by atoms with Crippen molar-refractivity contribution in [3.8, 4) is 0 Å². The molecule has 2 N–H and O–H groups in total. The Morgan fingerprint density at radius 1 is 1.26 bits per heavy atom. The Bertz CT molecular complexity index is 448. The van der Waals surface area contributed by atoms with Crippen molar-refractivity contribution in [2.75, 3.05) is 6.61 Å². The van der Waals surface area contributed by atoms with Gasteiger partial charge in [0.25, 0.3) is 0 Å². The van der Waals surface area contributed by atoms with Crippen molar-refractivity contribution < 1.29 is 14.6 Å². The molecule has 0 spiro atoms. The summed E-state index contributed by atoms with van der Waals surface area (Å²) in [6.07, 6.45) is 1.67. The van der Waals surface area contributed by atoms with Crippen LogP contribution in [0.15, 0.2) is 30.3 Å². The van der Waals surface area contributed by atoms with Crippen molar-refractivity contribution in [1.82, 2.24) is 5.32 Å². The number of alkyl carbamates (subject to hydrolysis) is 1. The molecule has 1 aromatic carbocycles. The van der Waals surface area contributed by atoms with Crippen LogP contribution in [0, 0.1) is 17.8 Å². The van der Waals surface area contributed by atoms with Crippen LogP contribution in [0.5, 0.6) is 0 Å². The van der Waals surface area contributed by atoms with Crippen LogP contribution < -0.4 is 5.32 Å². The third-order valence-corrected chi connectivity index (χ3v) is 4.32. The molecular weight excluding hydrogens is 242 g/mol. The Labute approximate surface area is 112 Å². The second kappa shape index (κ2) is 5.21. The number of aliphatic hydroxyl groups is 1. The monoisotopic (exact) mass is 261 g/mol. The molecule has 102 valence electrons. The lowest BCUT2D eigenvalue weighted by molar-refractivity contribution is 0.133. The van der Waals surface area contributed by atoms with Gasteiger partial charge in [-0.2, -0.15) is 0 Å². The number of carbonyl (C=O) groups is 1. The summed E-state index contributed by atoms with van der Waals surface area (Å²) in [5.41, 5.74) is 0.988. The number of hydrogen-bond donors (Lipinski definition) is 2. The summed E-state index contributed by atoms with van der Waals surface area (Å²) in [5, 5.41) is 12.2. The van der Waals surface area contributed by atoms with E-state index in [9.17, 15) is 9.90 Å². The fourth-order valence-electron chi connectivity index (χ4n) is 3.21. The summed E-state index contributed by atoms with van der Waals surface area (Å²) >= 11 is 0. The van der Waals surface area contributed by atoms with E-state index in [1.165, 1.54) is 0 Å². The summed E-state index contributed by atoms with van der Waals surface area (Å²) in [6, 6.07) is 9.83. The second-order valence-corrected chi connectivity index (χ2v) is 5.55. The Morgan fingerprint density at radius 2 is 2.05 bits per heavy atom. The highest BCUT2D eigenvalue weighted by atomic mass is 16.5. The van der Waals surface area contributed by atoms with Crippen LogP contribution in [0.1, 0.15) is 18.4 Å². The van der Waals surface area contributed by atoms with Crippen molar-refractivity contribution in [3.63, 3.8) is 0 Å².